The summed E-state index contributed by atoms with van der Waals surface area (Å²) in [5.74, 6) is -1.26. The van der Waals surface area contributed by atoms with Crippen LogP contribution in [0.4, 0.5) is 0 Å². The molecular weight excluding hydrogens is 384 g/mol. The number of hydrogen-bond donors (Lipinski definition) is 1. The van der Waals surface area contributed by atoms with E-state index < -0.39 is 27.9 Å². The highest BCUT2D eigenvalue weighted by Crippen LogP contribution is 2.24. The monoisotopic (exact) mass is 414 g/mol. The van der Waals surface area contributed by atoms with E-state index in [-0.39, 0.29) is 30.8 Å². The number of amides is 3. The lowest BCUT2D eigenvalue weighted by Crippen LogP contribution is -2.59. The Balaban J connectivity index is 1.57. The van der Waals surface area contributed by atoms with Crippen LogP contribution in [0.2, 0.25) is 0 Å². The highest BCUT2D eigenvalue weighted by atomic mass is 32.2. The maximum Gasteiger partial charge on any atom is 0.312 e. The molecule has 1 saturated carbocycles. The van der Waals surface area contributed by atoms with E-state index in [0.29, 0.717) is 32.5 Å². The largest absolute Gasteiger partial charge is 0.345 e. The number of sulfonamides is 1. The van der Waals surface area contributed by atoms with Crippen LogP contribution in [-0.4, -0.2) is 90.8 Å². The fourth-order valence-electron chi connectivity index (χ4n) is 3.82. The Labute approximate surface area is 166 Å². The predicted octanol–water partition coefficient (Wildman–Crippen LogP) is -0.470. The number of nitrogens with zero attached hydrogens (tertiary/aromatic N) is 3. The predicted molar refractivity (Wildman–Crippen MR) is 103 cm³/mol. The normalized spacial score (nSPS) is 24.1. The zero-order valence-electron chi connectivity index (χ0n) is 16.4. The first-order valence-corrected chi connectivity index (χ1v) is 11.8. The van der Waals surface area contributed by atoms with Crippen LogP contribution >= 0.6 is 0 Å². The summed E-state index contributed by atoms with van der Waals surface area (Å²) in [7, 11) is -3.44. The van der Waals surface area contributed by atoms with Gasteiger partial charge < -0.3 is 15.1 Å². The van der Waals surface area contributed by atoms with Gasteiger partial charge in [-0.15, -0.1) is 0 Å². The maximum absolute atomic E-state index is 13.0. The van der Waals surface area contributed by atoms with Gasteiger partial charge in [0.2, 0.25) is 15.9 Å². The fraction of sp³-hybridized carbons (Fsp3) is 0.833. The second-order valence-electron chi connectivity index (χ2n) is 7.80. The summed E-state index contributed by atoms with van der Waals surface area (Å²) in [6.45, 7) is 3.42. The molecular formula is C18H30N4O5S. The quantitative estimate of drug-likeness (QED) is 0.612. The standard InChI is InChI=1S/C18H30N4O5S/c1-2-13-28(26,27)22-8-4-3-5-15(22)17(24)20-9-11-21(12-10-20)18(25)16(23)19-14-6-7-14/h14-15H,2-13H2,1H3,(H,19,23). The molecule has 0 radical (unpaired) electrons. The van der Waals surface area contributed by atoms with Gasteiger partial charge in [-0.2, -0.15) is 4.31 Å². The topological polar surface area (TPSA) is 107 Å². The van der Waals surface area contributed by atoms with Crippen molar-refractivity contribution in [1.29, 1.82) is 0 Å². The number of piperidine rings is 1. The SMILES string of the molecule is CCCS(=O)(=O)N1CCCCC1C(=O)N1CCN(C(=O)C(=O)NC2CC2)CC1. The minimum atomic E-state index is -3.44. The van der Waals surface area contributed by atoms with Crippen molar-refractivity contribution in [2.75, 3.05) is 38.5 Å². The molecule has 2 aliphatic heterocycles. The molecule has 2 saturated heterocycles. The van der Waals surface area contributed by atoms with Gasteiger partial charge in [0.15, 0.2) is 0 Å². The summed E-state index contributed by atoms with van der Waals surface area (Å²) in [6, 6.07) is -0.521. The summed E-state index contributed by atoms with van der Waals surface area (Å²) < 4.78 is 26.5. The van der Waals surface area contributed by atoms with Crippen molar-refractivity contribution >= 4 is 27.7 Å². The Kier molecular flexibility index (Phi) is 6.59. The average Bonchev–Trinajstić information content (AvgIpc) is 3.51. The van der Waals surface area contributed by atoms with Crippen molar-refractivity contribution in [1.82, 2.24) is 19.4 Å². The molecule has 0 spiro atoms. The van der Waals surface area contributed by atoms with Crippen LogP contribution in [0.25, 0.3) is 0 Å². The summed E-state index contributed by atoms with van der Waals surface area (Å²) in [6.07, 6.45) is 4.48. The highest BCUT2D eigenvalue weighted by Gasteiger charge is 2.39. The van der Waals surface area contributed by atoms with E-state index in [1.807, 2.05) is 6.92 Å². The van der Waals surface area contributed by atoms with E-state index in [9.17, 15) is 22.8 Å². The molecule has 10 heteroatoms. The Bertz CT molecular complexity index is 713. The minimum absolute atomic E-state index is 0.0508. The molecule has 0 aromatic heterocycles. The number of nitrogens with one attached hydrogen (secondary N) is 1. The van der Waals surface area contributed by atoms with Crippen LogP contribution in [0.1, 0.15) is 45.4 Å². The molecule has 3 amide bonds. The molecule has 1 unspecified atom stereocenters. The van der Waals surface area contributed by atoms with Gasteiger partial charge in [0, 0.05) is 38.8 Å². The van der Waals surface area contributed by atoms with E-state index in [1.54, 1.807) is 4.90 Å². The van der Waals surface area contributed by atoms with Gasteiger partial charge in [-0.3, -0.25) is 14.4 Å². The molecule has 2 heterocycles. The molecule has 0 aromatic rings. The highest BCUT2D eigenvalue weighted by molar-refractivity contribution is 7.89. The van der Waals surface area contributed by atoms with Crippen molar-refractivity contribution in [2.24, 2.45) is 0 Å². The maximum atomic E-state index is 13.0. The van der Waals surface area contributed by atoms with Crippen molar-refractivity contribution in [3.05, 3.63) is 0 Å². The Morgan fingerprint density at radius 1 is 0.929 bits per heavy atom. The first-order valence-electron chi connectivity index (χ1n) is 10.2. The van der Waals surface area contributed by atoms with Crippen LogP contribution in [0.15, 0.2) is 0 Å². The molecule has 9 nitrogen and oxygen atoms in total. The second-order valence-corrected chi connectivity index (χ2v) is 9.84. The minimum Gasteiger partial charge on any atom is -0.345 e. The van der Waals surface area contributed by atoms with Crippen LogP contribution in [-0.2, 0) is 24.4 Å². The lowest BCUT2D eigenvalue weighted by atomic mass is 10.0. The van der Waals surface area contributed by atoms with Crippen LogP contribution in [0.5, 0.6) is 0 Å². The zero-order valence-corrected chi connectivity index (χ0v) is 17.2. The second kappa shape index (κ2) is 8.77. The van der Waals surface area contributed by atoms with Gasteiger partial charge in [0.05, 0.1) is 5.75 Å². The molecule has 0 aromatic carbocycles. The van der Waals surface area contributed by atoms with Crippen molar-refractivity contribution in [2.45, 2.75) is 57.5 Å². The smallest absolute Gasteiger partial charge is 0.312 e. The number of rotatable bonds is 5. The zero-order chi connectivity index (χ0) is 20.3. The Morgan fingerprint density at radius 3 is 2.18 bits per heavy atom. The average molecular weight is 415 g/mol. The lowest BCUT2D eigenvalue weighted by Gasteiger charge is -2.40. The van der Waals surface area contributed by atoms with Gasteiger partial charge in [-0.05, 0) is 32.1 Å². The summed E-state index contributed by atoms with van der Waals surface area (Å²) in [4.78, 5) is 40.2. The van der Waals surface area contributed by atoms with Crippen molar-refractivity contribution in [3.8, 4) is 0 Å². The number of carbonyl (C=O) groups excluding carboxylic acids is 3. The molecule has 1 atom stereocenters. The summed E-state index contributed by atoms with van der Waals surface area (Å²) in [5.41, 5.74) is 0. The first-order chi connectivity index (χ1) is 13.3. The van der Waals surface area contributed by atoms with Crippen LogP contribution < -0.4 is 5.32 Å². The van der Waals surface area contributed by atoms with E-state index in [2.05, 4.69) is 5.32 Å². The van der Waals surface area contributed by atoms with Crippen LogP contribution in [0.3, 0.4) is 0 Å². The van der Waals surface area contributed by atoms with Crippen molar-refractivity contribution in [3.63, 3.8) is 0 Å². The van der Waals surface area contributed by atoms with Crippen LogP contribution in [0, 0.1) is 0 Å². The molecule has 3 rings (SSSR count). The Hall–Kier alpha value is -1.68. The number of piperazine rings is 1. The van der Waals surface area contributed by atoms with Gasteiger partial charge in [0.25, 0.3) is 0 Å². The molecule has 3 aliphatic rings. The molecule has 158 valence electrons. The van der Waals surface area contributed by atoms with Gasteiger partial charge in [-0.1, -0.05) is 13.3 Å². The summed E-state index contributed by atoms with van der Waals surface area (Å²) in [5, 5.41) is 2.69. The molecule has 3 fully saturated rings. The Morgan fingerprint density at radius 2 is 1.57 bits per heavy atom. The van der Waals surface area contributed by atoms with Gasteiger partial charge >= 0.3 is 11.8 Å². The molecule has 0 bridgehead atoms. The van der Waals surface area contributed by atoms with E-state index >= 15 is 0 Å². The van der Waals surface area contributed by atoms with Crippen molar-refractivity contribution < 1.29 is 22.8 Å². The molecule has 28 heavy (non-hydrogen) atoms. The van der Waals surface area contributed by atoms with Gasteiger partial charge in [-0.25, -0.2) is 8.42 Å². The third kappa shape index (κ3) is 4.83. The van der Waals surface area contributed by atoms with E-state index in [1.165, 1.54) is 9.21 Å². The lowest BCUT2D eigenvalue weighted by molar-refractivity contribution is -0.149. The van der Waals surface area contributed by atoms with E-state index in [0.717, 1.165) is 25.7 Å². The third-order valence-corrected chi connectivity index (χ3v) is 7.62. The molecule has 1 N–H and O–H groups in total. The summed E-state index contributed by atoms with van der Waals surface area (Å²) >= 11 is 0. The molecule has 1 aliphatic carbocycles. The number of hydrogen-bond acceptors (Lipinski definition) is 5. The van der Waals surface area contributed by atoms with Gasteiger partial charge in [0.1, 0.15) is 6.04 Å². The number of carbonyl (C=O) groups is 3. The first kappa shape index (κ1) is 21.0. The third-order valence-electron chi connectivity index (χ3n) is 5.54. The van der Waals surface area contributed by atoms with E-state index in [4.69, 9.17) is 0 Å². The fourth-order valence-corrected chi connectivity index (χ4v) is 5.56.